The molecule has 2 aromatic heterocycles. The van der Waals surface area contributed by atoms with Crippen molar-refractivity contribution in [3.8, 4) is 17.2 Å². The fraction of sp³-hybridized carbons (Fsp3) is 0.534. The highest BCUT2D eigenvalue weighted by Crippen LogP contribution is 2.38. The van der Waals surface area contributed by atoms with Gasteiger partial charge in [-0.05, 0) is 120 Å². The predicted octanol–water partition coefficient (Wildman–Crippen LogP) is 4.91. The molecule has 434 valence electrons. The van der Waals surface area contributed by atoms with E-state index in [0.29, 0.717) is 98.1 Å². The number of amides is 4. The number of piperidine rings is 1. The molecule has 0 spiro atoms. The van der Waals surface area contributed by atoms with Gasteiger partial charge in [0.2, 0.25) is 23.6 Å². The van der Waals surface area contributed by atoms with Gasteiger partial charge in [-0.1, -0.05) is 12.7 Å². The van der Waals surface area contributed by atoms with Crippen LogP contribution >= 0.6 is 11.8 Å². The third kappa shape index (κ3) is 15.0. The zero-order chi connectivity index (χ0) is 57.7. The molecule has 5 aliphatic rings. The number of carbonyl (C=O) groups excluding carboxylic acids is 5. The summed E-state index contributed by atoms with van der Waals surface area (Å²) >= 11 is 1.48. The van der Waals surface area contributed by atoms with Crippen molar-refractivity contribution in [1.29, 1.82) is 5.26 Å². The Morgan fingerprint density at radius 1 is 1.00 bits per heavy atom. The van der Waals surface area contributed by atoms with E-state index in [1.165, 1.54) is 59.2 Å². The van der Waals surface area contributed by atoms with Gasteiger partial charge in [-0.2, -0.15) is 10.4 Å². The quantitative estimate of drug-likeness (QED) is 0.101. The normalized spacial score (nSPS) is 21.8. The lowest BCUT2D eigenvalue weighted by Gasteiger charge is -2.38. The molecule has 0 aliphatic carbocycles. The van der Waals surface area contributed by atoms with Crippen LogP contribution in [0.3, 0.4) is 0 Å². The Morgan fingerprint density at radius 2 is 1.73 bits per heavy atom. The molecule has 0 radical (unpaired) electrons. The monoisotopic (exact) mass is 1140 g/mol. The molecule has 2 bridgehead atoms. The van der Waals surface area contributed by atoms with Crippen molar-refractivity contribution in [3.63, 3.8) is 0 Å². The number of aromatic nitrogens is 3. The van der Waals surface area contributed by atoms with Crippen molar-refractivity contribution in [2.75, 3.05) is 103 Å². The van der Waals surface area contributed by atoms with Crippen molar-refractivity contribution in [2.45, 2.75) is 102 Å². The summed E-state index contributed by atoms with van der Waals surface area (Å²) in [4.78, 5) is 86.0. The lowest BCUT2D eigenvalue weighted by Crippen LogP contribution is -2.58. The Balaban J connectivity index is 0.784. The van der Waals surface area contributed by atoms with Gasteiger partial charge in [0.05, 0.1) is 80.5 Å². The number of nitriles is 1. The number of likely N-dealkylation sites (tertiary alicyclic amines) is 2. The first kappa shape index (κ1) is 60.3. The number of halogens is 2. The van der Waals surface area contributed by atoms with Crippen LogP contribution in [0.2, 0.25) is 0 Å². The number of nitrogens with zero attached hydrogens (tertiary/aromatic N) is 10. The molecule has 4 amide bonds. The number of fused-ring (bicyclic) bond motifs is 6. The van der Waals surface area contributed by atoms with E-state index in [2.05, 4.69) is 38.1 Å². The minimum Gasteiger partial charge on any atom is -0.382 e. The van der Waals surface area contributed by atoms with Crippen LogP contribution in [0.5, 0.6) is 0 Å². The van der Waals surface area contributed by atoms with Gasteiger partial charge in [-0.3, -0.25) is 33.6 Å². The summed E-state index contributed by atoms with van der Waals surface area (Å²) in [5, 5.41) is 22.2. The SMILES string of the molecule is C=C1/C=C(F)\C=C/CC(=O)N(C)Cc2nn(CCN(C)C(=O)CCOCCOCCN3CCC([C@@H](NC(=O)[C@@H](C)NC)C(=O)N4CCC[C@@H]4C4=NC(C(=O)c5ccc(F)cc5)CS4)CC3)c(C#N)c2-c2cnc(N)c(c2)N2CCC[C@H]12. The highest BCUT2D eigenvalue weighted by atomic mass is 32.2. The number of Topliss-reactive ketones (excluding diaryl/α,β-unsaturated/α-hetero) is 1. The number of carbonyl (C=O) groups is 5. The summed E-state index contributed by atoms with van der Waals surface area (Å²) in [6.45, 7) is 10.9. The third-order valence-corrected chi connectivity index (χ3v) is 17.0. The van der Waals surface area contributed by atoms with Crippen LogP contribution < -0.4 is 21.3 Å². The van der Waals surface area contributed by atoms with Gasteiger partial charge in [-0.15, -0.1) is 11.8 Å². The Bertz CT molecular complexity index is 2920. The summed E-state index contributed by atoms with van der Waals surface area (Å²) in [5.41, 5.74) is 9.82. The van der Waals surface area contributed by atoms with Crippen LogP contribution in [0.4, 0.5) is 20.3 Å². The molecular formula is C58H75F2N13O7S. The number of rotatable bonds is 20. The van der Waals surface area contributed by atoms with Crippen LogP contribution in [0.15, 0.2) is 77.7 Å². The van der Waals surface area contributed by atoms with E-state index in [0.717, 1.165) is 37.4 Å². The molecule has 1 unspecified atom stereocenters. The predicted molar refractivity (Wildman–Crippen MR) is 306 cm³/mol. The average Bonchev–Trinajstić information content (AvgIpc) is 4.53. The van der Waals surface area contributed by atoms with E-state index >= 15 is 0 Å². The van der Waals surface area contributed by atoms with Crippen LogP contribution in [0.25, 0.3) is 11.1 Å². The molecule has 3 saturated heterocycles. The molecule has 4 N–H and O–H groups in total. The highest BCUT2D eigenvalue weighted by Gasteiger charge is 2.43. The van der Waals surface area contributed by atoms with Crippen LogP contribution in [-0.2, 0) is 41.7 Å². The molecule has 1 aromatic carbocycles. The number of thioether (sulfide) groups is 1. The first-order chi connectivity index (χ1) is 39.0. The first-order valence-electron chi connectivity index (χ1n) is 27.9. The maximum absolute atomic E-state index is 15.0. The van der Waals surface area contributed by atoms with Crippen molar-refractivity contribution in [3.05, 3.63) is 95.5 Å². The number of hydrogen-bond donors (Lipinski definition) is 3. The van der Waals surface area contributed by atoms with Gasteiger partial charge >= 0.3 is 0 Å². The van der Waals surface area contributed by atoms with E-state index in [4.69, 9.17) is 25.3 Å². The van der Waals surface area contributed by atoms with Crippen molar-refractivity contribution < 1.29 is 42.2 Å². The summed E-state index contributed by atoms with van der Waals surface area (Å²) in [5.74, 6) is -1.30. The zero-order valence-electron chi connectivity index (χ0n) is 46.8. The number of benzene rings is 1. The molecule has 3 aromatic rings. The number of nitrogens with two attached hydrogens (primary N) is 1. The van der Waals surface area contributed by atoms with Crippen molar-refractivity contribution in [1.82, 2.24) is 45.0 Å². The van der Waals surface area contributed by atoms with Crippen LogP contribution in [-0.4, -0.2) is 192 Å². The molecule has 0 saturated carbocycles. The Labute approximate surface area is 476 Å². The number of nitrogen functional groups attached to an aromatic ring is 1. The van der Waals surface area contributed by atoms with Gasteiger partial charge in [0.15, 0.2) is 5.78 Å². The lowest BCUT2D eigenvalue weighted by molar-refractivity contribution is -0.138. The molecule has 81 heavy (non-hydrogen) atoms. The van der Waals surface area contributed by atoms with Gasteiger partial charge in [-0.25, -0.2) is 13.8 Å². The fourth-order valence-electron chi connectivity index (χ4n) is 11.1. The average molecular weight is 1140 g/mol. The number of likely N-dealkylation sites (N-methyl/N-ethyl adjacent to an activating group) is 2. The molecule has 8 rings (SSSR count). The van der Waals surface area contributed by atoms with Gasteiger partial charge < -0.3 is 50.3 Å². The highest BCUT2D eigenvalue weighted by molar-refractivity contribution is 8.14. The molecule has 5 atom stereocenters. The summed E-state index contributed by atoms with van der Waals surface area (Å²) in [7, 11) is 5.00. The van der Waals surface area contributed by atoms with Crippen LogP contribution in [0.1, 0.15) is 80.0 Å². The maximum atomic E-state index is 15.0. The third-order valence-electron chi connectivity index (χ3n) is 15.9. The topological polar surface area (TPSA) is 237 Å². The summed E-state index contributed by atoms with van der Waals surface area (Å²) < 4.78 is 41.8. The largest absolute Gasteiger partial charge is 0.382 e. The number of hydrogen-bond acceptors (Lipinski definition) is 16. The minimum absolute atomic E-state index is 0.0518. The number of ketones is 1. The molecule has 23 heteroatoms. The van der Waals surface area contributed by atoms with Gasteiger partial charge in [0.1, 0.15) is 41.3 Å². The number of allylic oxidation sites excluding steroid dienone is 2. The molecule has 7 heterocycles. The molecule has 20 nitrogen and oxygen atoms in total. The van der Waals surface area contributed by atoms with Crippen molar-refractivity contribution in [2.24, 2.45) is 10.9 Å². The molecule has 3 fully saturated rings. The minimum atomic E-state index is -0.724. The molecule has 5 aliphatic heterocycles. The second kappa shape index (κ2) is 28.2. The smallest absolute Gasteiger partial charge is 0.246 e. The number of anilines is 2. The number of nitrogens with one attached hydrogen (secondary N) is 2. The van der Waals surface area contributed by atoms with E-state index in [-0.39, 0.29) is 98.0 Å². The first-order valence-corrected chi connectivity index (χ1v) is 28.9. The number of pyridine rings is 1. The second-order valence-electron chi connectivity index (χ2n) is 21.3. The maximum Gasteiger partial charge on any atom is 0.246 e. The van der Waals surface area contributed by atoms with Gasteiger partial charge in [0.25, 0.3) is 0 Å². The summed E-state index contributed by atoms with van der Waals surface area (Å²) in [6, 6.07) is 7.29. The fourth-order valence-corrected chi connectivity index (χ4v) is 12.2. The van der Waals surface area contributed by atoms with E-state index in [9.17, 15) is 38.0 Å². The second-order valence-corrected chi connectivity index (χ2v) is 22.3. The van der Waals surface area contributed by atoms with E-state index in [1.807, 2.05) is 11.0 Å². The van der Waals surface area contributed by atoms with E-state index in [1.54, 1.807) is 43.8 Å². The Morgan fingerprint density at radius 3 is 2.47 bits per heavy atom. The van der Waals surface area contributed by atoms with Gasteiger partial charge in [0, 0.05) is 75.3 Å². The Kier molecular flexibility index (Phi) is 21.0. The molecular weight excluding hydrogens is 1060 g/mol. The summed E-state index contributed by atoms with van der Waals surface area (Å²) in [6.07, 6.45) is 10.2. The van der Waals surface area contributed by atoms with Crippen molar-refractivity contribution >= 4 is 57.7 Å². The number of ether oxygens (including phenoxy) is 2. The lowest BCUT2D eigenvalue weighted by atomic mass is 9.88. The Hall–Kier alpha value is -6.84. The van der Waals surface area contributed by atoms with Crippen LogP contribution in [0, 0.1) is 23.1 Å². The zero-order valence-corrected chi connectivity index (χ0v) is 47.6. The number of aliphatic imine (C=N–C) groups is 1. The standard InChI is InChI=1S/C58H75F2N13O7S/c1-37-31-43(60)9-6-12-50(74)69(5)35-44-52(41-32-48(55(62)64-34-41)71-20-7-10-46(37)71)49(33-61)73(67-44)25-24-68(4)51(75)19-27-79-29-30-80-28-26-70-22-17-39(18-23-70)53(66-56(77)38(2)63-3)58(78)72-21-8-11-47(72)57-65-45(36-81-57)54(76)40-13-15-42(59)16-14-40/h6,9,13-16,31-32,34,38-39,45-47,53,63H,1,7-8,10-12,17-30,35-36H2,2-5H3,(H2,62,64)(H,66,77)/b9-6-,43-31+/t38-,45?,46-,47-,53-/m1/s1. The van der Waals surface area contributed by atoms with E-state index < -0.39 is 29.8 Å².